The molecule has 0 aliphatic carbocycles. The summed E-state index contributed by atoms with van der Waals surface area (Å²) in [5.74, 6) is 0.789. The summed E-state index contributed by atoms with van der Waals surface area (Å²) < 4.78 is 5.74. The summed E-state index contributed by atoms with van der Waals surface area (Å²) in [6, 6.07) is 18.2. The van der Waals surface area contributed by atoms with Gasteiger partial charge in [-0.3, -0.25) is 0 Å². The highest BCUT2D eigenvalue weighted by atomic mass is 32.1. The van der Waals surface area contributed by atoms with E-state index in [1.807, 2.05) is 30.3 Å². The number of aryl methyl sites for hydroxylation is 1. The van der Waals surface area contributed by atoms with Crippen molar-refractivity contribution in [2.45, 2.75) is 77.6 Å². The van der Waals surface area contributed by atoms with E-state index in [0.29, 0.717) is 5.05 Å². The minimum atomic E-state index is 0.534. The second kappa shape index (κ2) is 13.5. The number of unbranched alkanes of at least 4 members (excludes halogenated alkanes) is 9. The lowest BCUT2D eigenvalue weighted by molar-refractivity contribution is 0.556. The Balaban J connectivity index is 1.58. The highest BCUT2D eigenvalue weighted by molar-refractivity contribution is 7.80. The molecule has 1 nitrogen and oxygen atoms in total. The molecule has 0 bridgehead atoms. The van der Waals surface area contributed by atoms with Crippen LogP contribution in [-0.2, 0) is 6.42 Å². The van der Waals surface area contributed by atoms with Gasteiger partial charge >= 0.3 is 0 Å². The van der Waals surface area contributed by atoms with Crippen molar-refractivity contribution in [2.75, 3.05) is 0 Å². The quantitative estimate of drug-likeness (QED) is 0.257. The van der Waals surface area contributed by atoms with Gasteiger partial charge in [-0.05, 0) is 42.8 Å². The van der Waals surface area contributed by atoms with E-state index in [1.54, 1.807) is 0 Å². The van der Waals surface area contributed by atoms with Crippen molar-refractivity contribution in [3.63, 3.8) is 0 Å². The molecule has 0 spiro atoms. The summed E-state index contributed by atoms with van der Waals surface area (Å²) in [4.78, 5) is 0. The largest absolute Gasteiger partial charge is 0.445 e. The van der Waals surface area contributed by atoms with Gasteiger partial charge in [-0.15, -0.1) is 0 Å². The molecule has 0 radical (unpaired) electrons. The molecule has 2 rings (SSSR count). The van der Waals surface area contributed by atoms with E-state index in [1.165, 1.54) is 69.8 Å². The monoisotopic (exact) mass is 382 g/mol. The van der Waals surface area contributed by atoms with E-state index < -0.39 is 0 Å². The van der Waals surface area contributed by atoms with Crippen molar-refractivity contribution < 1.29 is 4.74 Å². The summed E-state index contributed by atoms with van der Waals surface area (Å²) >= 11 is 5.40. The molecule has 2 aromatic carbocycles. The van der Waals surface area contributed by atoms with E-state index in [0.717, 1.165) is 17.7 Å². The number of thiocarbonyl (C=S) groups is 1. The van der Waals surface area contributed by atoms with E-state index in [9.17, 15) is 0 Å². The maximum absolute atomic E-state index is 5.74. The molecule has 2 aromatic rings. The van der Waals surface area contributed by atoms with Crippen LogP contribution in [0.25, 0.3) is 0 Å². The van der Waals surface area contributed by atoms with Crippen LogP contribution < -0.4 is 4.74 Å². The summed E-state index contributed by atoms with van der Waals surface area (Å²) in [6.45, 7) is 2.28. The Morgan fingerprint density at radius 2 is 1.26 bits per heavy atom. The first-order valence-corrected chi connectivity index (χ1v) is 11.1. The Hall–Kier alpha value is -1.67. The minimum Gasteiger partial charge on any atom is -0.445 e. The molecule has 0 aliphatic rings. The van der Waals surface area contributed by atoms with Crippen molar-refractivity contribution in [1.82, 2.24) is 0 Å². The summed E-state index contributed by atoms with van der Waals surface area (Å²) in [6.07, 6.45) is 15.0. The smallest absolute Gasteiger partial charge is 0.198 e. The van der Waals surface area contributed by atoms with Gasteiger partial charge in [0.15, 0.2) is 5.05 Å². The molecule has 0 aliphatic heterocycles. The van der Waals surface area contributed by atoms with Crippen molar-refractivity contribution >= 4 is 17.3 Å². The molecule has 0 saturated carbocycles. The number of benzene rings is 2. The molecule has 0 heterocycles. The van der Waals surface area contributed by atoms with Gasteiger partial charge in [0.2, 0.25) is 0 Å². The zero-order chi connectivity index (χ0) is 19.2. The Morgan fingerprint density at radius 1 is 0.704 bits per heavy atom. The van der Waals surface area contributed by atoms with Gasteiger partial charge in [0, 0.05) is 5.56 Å². The molecule has 0 amide bonds. The first-order chi connectivity index (χ1) is 13.3. The average molecular weight is 383 g/mol. The fourth-order valence-electron chi connectivity index (χ4n) is 3.28. The third kappa shape index (κ3) is 9.19. The highest BCUT2D eigenvalue weighted by Crippen LogP contribution is 2.15. The molecule has 2 heteroatoms. The third-order valence-corrected chi connectivity index (χ3v) is 5.28. The summed E-state index contributed by atoms with van der Waals surface area (Å²) in [5, 5.41) is 0.534. The zero-order valence-corrected chi connectivity index (χ0v) is 17.6. The maximum atomic E-state index is 5.74. The Kier molecular flexibility index (Phi) is 10.8. The fourth-order valence-corrected chi connectivity index (χ4v) is 3.51. The summed E-state index contributed by atoms with van der Waals surface area (Å²) in [5.41, 5.74) is 2.36. The molecule has 27 heavy (non-hydrogen) atoms. The van der Waals surface area contributed by atoms with E-state index in [2.05, 4.69) is 31.2 Å². The molecule has 0 aromatic heterocycles. The maximum Gasteiger partial charge on any atom is 0.198 e. The first-order valence-electron chi connectivity index (χ1n) is 10.7. The van der Waals surface area contributed by atoms with Crippen molar-refractivity contribution in [3.05, 3.63) is 65.7 Å². The van der Waals surface area contributed by atoms with Crippen molar-refractivity contribution in [2.24, 2.45) is 0 Å². The molecule has 0 atom stereocenters. The van der Waals surface area contributed by atoms with Gasteiger partial charge in [-0.2, -0.15) is 0 Å². The normalized spacial score (nSPS) is 10.7. The molecule has 146 valence electrons. The van der Waals surface area contributed by atoms with E-state index in [4.69, 9.17) is 17.0 Å². The van der Waals surface area contributed by atoms with Crippen LogP contribution in [0.15, 0.2) is 54.6 Å². The lowest BCUT2D eigenvalue weighted by atomic mass is 10.0. The lowest BCUT2D eigenvalue weighted by Gasteiger charge is -2.08. The first kappa shape index (κ1) is 21.6. The standard InChI is InChI=1S/C25H34OS/c1-2-3-4-5-6-7-8-9-10-12-15-22-18-20-23(21-19-22)25(27)26-24-16-13-11-14-17-24/h11,13-14,16-21H,2-10,12,15H2,1H3. The molecular weight excluding hydrogens is 348 g/mol. The van der Waals surface area contributed by atoms with Crippen LogP contribution in [0, 0.1) is 0 Å². The van der Waals surface area contributed by atoms with Crippen LogP contribution in [0.1, 0.15) is 82.3 Å². The van der Waals surface area contributed by atoms with Crippen LogP contribution in [0.3, 0.4) is 0 Å². The van der Waals surface area contributed by atoms with Gasteiger partial charge in [0.05, 0.1) is 0 Å². The molecular formula is C25H34OS. The lowest BCUT2D eigenvalue weighted by Crippen LogP contribution is -2.06. The van der Waals surface area contributed by atoms with Gasteiger partial charge in [0.1, 0.15) is 5.75 Å². The molecule has 0 fully saturated rings. The Bertz CT molecular complexity index is 633. The van der Waals surface area contributed by atoms with Gasteiger partial charge in [-0.25, -0.2) is 0 Å². The Morgan fingerprint density at radius 3 is 1.85 bits per heavy atom. The van der Waals surface area contributed by atoms with Gasteiger partial charge in [-0.1, -0.05) is 107 Å². The van der Waals surface area contributed by atoms with Crippen LogP contribution in [0.2, 0.25) is 0 Å². The van der Waals surface area contributed by atoms with Crippen LogP contribution in [-0.4, -0.2) is 5.05 Å². The minimum absolute atomic E-state index is 0.534. The average Bonchev–Trinajstić information content (AvgIpc) is 2.70. The molecule has 0 N–H and O–H groups in total. The van der Waals surface area contributed by atoms with Gasteiger partial charge < -0.3 is 4.74 Å². The SMILES string of the molecule is CCCCCCCCCCCCc1ccc(C(=S)Oc2ccccc2)cc1. The highest BCUT2D eigenvalue weighted by Gasteiger charge is 2.04. The molecule has 0 unspecified atom stereocenters. The van der Waals surface area contributed by atoms with Crippen LogP contribution in [0.4, 0.5) is 0 Å². The number of para-hydroxylation sites is 1. The number of hydrogen-bond donors (Lipinski definition) is 0. The summed E-state index contributed by atoms with van der Waals surface area (Å²) in [7, 11) is 0. The second-order valence-electron chi connectivity index (χ2n) is 7.33. The zero-order valence-electron chi connectivity index (χ0n) is 16.8. The van der Waals surface area contributed by atoms with Crippen LogP contribution in [0.5, 0.6) is 5.75 Å². The number of hydrogen-bond acceptors (Lipinski definition) is 2. The van der Waals surface area contributed by atoms with Crippen molar-refractivity contribution in [3.8, 4) is 5.75 Å². The predicted molar refractivity (Wildman–Crippen MR) is 121 cm³/mol. The molecule has 0 saturated heterocycles. The van der Waals surface area contributed by atoms with Crippen LogP contribution >= 0.6 is 12.2 Å². The third-order valence-electron chi connectivity index (χ3n) is 4.96. The fraction of sp³-hybridized carbons (Fsp3) is 0.480. The van der Waals surface area contributed by atoms with Gasteiger partial charge in [0.25, 0.3) is 0 Å². The van der Waals surface area contributed by atoms with E-state index >= 15 is 0 Å². The van der Waals surface area contributed by atoms with Crippen molar-refractivity contribution in [1.29, 1.82) is 0 Å². The predicted octanol–water partition coefficient (Wildman–Crippen LogP) is 7.90. The Labute approximate surface area is 171 Å². The number of ether oxygens (including phenoxy) is 1. The number of rotatable bonds is 13. The topological polar surface area (TPSA) is 9.23 Å². The van der Waals surface area contributed by atoms with E-state index in [-0.39, 0.29) is 0 Å². The second-order valence-corrected chi connectivity index (χ2v) is 7.70.